The van der Waals surface area contributed by atoms with Crippen molar-refractivity contribution in [3.8, 4) is 12.1 Å². The standard InChI is InChI=1S/2C20H20N2O2/c2*1-19(18(23)24-2)13-20(14-21,16-11-7-4-8-12-16)17(22-19)15-9-5-3-6-10-15/h2*3-12,17,22H,13H2,1-2H3/t2*17-,19-,20+/m11/s1. The van der Waals surface area contributed by atoms with Crippen LogP contribution in [0.1, 0.15) is 61.0 Å². The number of hydrogen-bond acceptors (Lipinski definition) is 8. The van der Waals surface area contributed by atoms with Crippen molar-refractivity contribution in [1.29, 1.82) is 10.5 Å². The van der Waals surface area contributed by atoms with E-state index < -0.39 is 21.9 Å². The monoisotopic (exact) mass is 640 g/mol. The molecular weight excluding hydrogens is 600 g/mol. The summed E-state index contributed by atoms with van der Waals surface area (Å²) in [6.07, 6.45) is 0.708. The van der Waals surface area contributed by atoms with Crippen molar-refractivity contribution in [2.24, 2.45) is 0 Å². The second-order valence-electron chi connectivity index (χ2n) is 12.9. The summed E-state index contributed by atoms with van der Waals surface area (Å²) >= 11 is 0. The lowest BCUT2D eigenvalue weighted by atomic mass is 9.71. The lowest BCUT2D eigenvalue weighted by Gasteiger charge is -2.29. The molecule has 2 aliphatic heterocycles. The molecule has 0 aliphatic carbocycles. The van der Waals surface area contributed by atoms with E-state index in [4.69, 9.17) is 9.47 Å². The van der Waals surface area contributed by atoms with Gasteiger partial charge in [0, 0.05) is 12.8 Å². The molecule has 0 saturated carbocycles. The zero-order valence-corrected chi connectivity index (χ0v) is 27.6. The number of benzene rings is 4. The molecule has 4 aromatic carbocycles. The molecule has 0 aromatic heterocycles. The van der Waals surface area contributed by atoms with E-state index in [9.17, 15) is 20.1 Å². The number of carbonyl (C=O) groups is 2. The number of rotatable bonds is 6. The maximum absolute atomic E-state index is 12.4. The third-order valence-electron chi connectivity index (χ3n) is 9.69. The van der Waals surface area contributed by atoms with Gasteiger partial charge in [-0.25, -0.2) is 0 Å². The zero-order valence-electron chi connectivity index (χ0n) is 27.6. The van der Waals surface area contributed by atoms with Gasteiger partial charge in [-0.05, 0) is 36.1 Å². The van der Waals surface area contributed by atoms with Crippen LogP contribution in [0.2, 0.25) is 0 Å². The Labute approximate surface area is 282 Å². The molecule has 0 amide bonds. The van der Waals surface area contributed by atoms with Crippen molar-refractivity contribution in [1.82, 2.24) is 10.6 Å². The van der Waals surface area contributed by atoms with Crippen LogP contribution >= 0.6 is 0 Å². The molecule has 0 radical (unpaired) electrons. The lowest BCUT2D eigenvalue weighted by Crippen LogP contribution is -2.45. The summed E-state index contributed by atoms with van der Waals surface area (Å²) in [4.78, 5) is 24.7. The zero-order chi connectivity index (χ0) is 34.4. The van der Waals surface area contributed by atoms with Crippen molar-refractivity contribution < 1.29 is 19.1 Å². The highest BCUT2D eigenvalue weighted by atomic mass is 16.5. The maximum atomic E-state index is 12.4. The van der Waals surface area contributed by atoms with E-state index in [1.807, 2.05) is 121 Å². The minimum absolute atomic E-state index is 0.296. The van der Waals surface area contributed by atoms with Crippen molar-refractivity contribution in [3.05, 3.63) is 144 Å². The van der Waals surface area contributed by atoms with Crippen LogP contribution < -0.4 is 10.6 Å². The summed E-state index contributed by atoms with van der Waals surface area (Å²) in [5.41, 5.74) is 0.257. The average molecular weight is 641 g/mol. The number of nitrogens with one attached hydrogen (secondary N) is 2. The van der Waals surface area contributed by atoms with Crippen LogP contribution in [-0.4, -0.2) is 37.2 Å². The van der Waals surface area contributed by atoms with Crippen LogP contribution in [0, 0.1) is 22.7 Å². The number of esters is 2. The molecule has 8 nitrogen and oxygen atoms in total. The van der Waals surface area contributed by atoms with E-state index in [1.54, 1.807) is 13.8 Å². The molecule has 244 valence electrons. The third-order valence-corrected chi connectivity index (χ3v) is 9.69. The van der Waals surface area contributed by atoms with Gasteiger partial charge in [0.15, 0.2) is 0 Å². The molecular formula is C40H40N4O4. The normalized spacial score (nSPS) is 29.0. The number of nitrogens with zero attached hydrogens (tertiary/aromatic N) is 2. The Kier molecular flexibility index (Phi) is 9.82. The number of hydrogen-bond donors (Lipinski definition) is 2. The Hall–Kier alpha value is -5.28. The summed E-state index contributed by atoms with van der Waals surface area (Å²) in [6, 6.07) is 43.3. The van der Waals surface area contributed by atoms with Gasteiger partial charge < -0.3 is 9.47 Å². The fourth-order valence-corrected chi connectivity index (χ4v) is 7.39. The van der Waals surface area contributed by atoms with E-state index in [2.05, 4.69) is 22.8 Å². The smallest absolute Gasteiger partial charge is 0.325 e. The SMILES string of the molecule is COC(=O)[C@@]1(C)C[C@](C#N)(c2ccccc2)[C@@H](c2ccccc2)N1.COC(=O)[C@@]1(C)C[C@](C#N)(c2ccccc2)[C@@H](c2ccccc2)N1. The van der Waals surface area contributed by atoms with E-state index >= 15 is 0 Å². The highest BCUT2D eigenvalue weighted by molar-refractivity contribution is 5.82. The second-order valence-corrected chi connectivity index (χ2v) is 12.9. The van der Waals surface area contributed by atoms with Gasteiger partial charge >= 0.3 is 11.9 Å². The van der Waals surface area contributed by atoms with E-state index in [1.165, 1.54) is 14.2 Å². The van der Waals surface area contributed by atoms with Gasteiger partial charge in [-0.3, -0.25) is 20.2 Å². The van der Waals surface area contributed by atoms with Crippen LogP contribution in [0.3, 0.4) is 0 Å². The first-order chi connectivity index (χ1) is 23.1. The van der Waals surface area contributed by atoms with Crippen molar-refractivity contribution in [3.63, 3.8) is 0 Å². The van der Waals surface area contributed by atoms with Crippen molar-refractivity contribution in [2.45, 2.75) is 60.7 Å². The van der Waals surface area contributed by atoms with Crippen LogP contribution in [-0.2, 0) is 29.9 Å². The Morgan fingerprint density at radius 2 is 0.875 bits per heavy atom. The minimum Gasteiger partial charge on any atom is -0.468 e. The molecule has 2 N–H and O–H groups in total. The molecule has 8 heteroatoms. The van der Waals surface area contributed by atoms with E-state index in [-0.39, 0.29) is 24.0 Å². The predicted molar refractivity (Wildman–Crippen MR) is 182 cm³/mol. The van der Waals surface area contributed by atoms with Gasteiger partial charge in [-0.1, -0.05) is 121 Å². The highest BCUT2D eigenvalue weighted by Crippen LogP contribution is 2.51. The molecule has 2 heterocycles. The van der Waals surface area contributed by atoms with Crippen LogP contribution in [0.15, 0.2) is 121 Å². The largest absolute Gasteiger partial charge is 0.468 e. The number of carbonyl (C=O) groups excluding carboxylic acids is 2. The molecule has 6 atom stereocenters. The Morgan fingerprint density at radius 3 is 1.15 bits per heavy atom. The van der Waals surface area contributed by atoms with Gasteiger partial charge in [-0.15, -0.1) is 0 Å². The topological polar surface area (TPSA) is 124 Å². The summed E-state index contributed by atoms with van der Waals surface area (Å²) in [6.45, 7) is 3.60. The molecule has 0 unspecified atom stereocenters. The van der Waals surface area contributed by atoms with Crippen molar-refractivity contribution >= 4 is 11.9 Å². The predicted octanol–water partition coefficient (Wildman–Crippen LogP) is 6.23. The molecule has 6 rings (SSSR count). The van der Waals surface area contributed by atoms with Crippen molar-refractivity contribution in [2.75, 3.05) is 14.2 Å². The minimum atomic E-state index is -0.916. The summed E-state index contributed by atoms with van der Waals surface area (Å²) < 4.78 is 9.97. The van der Waals surface area contributed by atoms with E-state index in [0.29, 0.717) is 12.8 Å². The fraction of sp³-hybridized carbons (Fsp3) is 0.300. The first-order valence-electron chi connectivity index (χ1n) is 15.9. The van der Waals surface area contributed by atoms with Crippen LogP contribution in [0.4, 0.5) is 0 Å². The van der Waals surface area contributed by atoms with Gasteiger partial charge in [0.1, 0.15) is 21.9 Å². The number of ether oxygens (including phenoxy) is 2. The Morgan fingerprint density at radius 1 is 0.583 bits per heavy atom. The first kappa shape index (κ1) is 34.1. The lowest BCUT2D eigenvalue weighted by molar-refractivity contribution is -0.148. The Bertz CT molecular complexity index is 1670. The average Bonchev–Trinajstić information content (AvgIpc) is 3.66. The molecule has 2 saturated heterocycles. The van der Waals surface area contributed by atoms with Gasteiger partial charge in [0.2, 0.25) is 0 Å². The molecule has 2 fully saturated rings. The fourth-order valence-electron chi connectivity index (χ4n) is 7.39. The molecule has 48 heavy (non-hydrogen) atoms. The molecule has 0 bridgehead atoms. The third kappa shape index (κ3) is 6.09. The van der Waals surface area contributed by atoms with Gasteiger partial charge in [-0.2, -0.15) is 10.5 Å². The number of nitriles is 2. The first-order valence-corrected chi connectivity index (χ1v) is 15.9. The Balaban J connectivity index is 0.000000188. The van der Waals surface area contributed by atoms with Gasteiger partial charge in [0.05, 0.1) is 38.4 Å². The second kappa shape index (κ2) is 13.8. The highest BCUT2D eigenvalue weighted by Gasteiger charge is 2.59. The van der Waals surface area contributed by atoms with Crippen LogP contribution in [0.25, 0.3) is 0 Å². The maximum Gasteiger partial charge on any atom is 0.325 e. The van der Waals surface area contributed by atoms with Crippen LogP contribution in [0.5, 0.6) is 0 Å². The summed E-state index contributed by atoms with van der Waals surface area (Å²) in [7, 11) is 2.75. The molecule has 0 spiro atoms. The molecule has 4 aromatic rings. The number of methoxy groups -OCH3 is 2. The van der Waals surface area contributed by atoms with Gasteiger partial charge in [0.25, 0.3) is 0 Å². The summed E-state index contributed by atoms with van der Waals surface area (Å²) in [5.74, 6) is -0.701. The van der Waals surface area contributed by atoms with E-state index in [0.717, 1.165) is 22.3 Å². The molecule has 2 aliphatic rings. The summed E-state index contributed by atoms with van der Waals surface area (Å²) in [5, 5.41) is 27.0. The quantitative estimate of drug-likeness (QED) is 0.238.